The van der Waals surface area contributed by atoms with Gasteiger partial charge in [-0.3, -0.25) is 4.79 Å². The first-order valence-electron chi connectivity index (χ1n) is 4.72. The third-order valence-electron chi connectivity index (χ3n) is 2.55. The molecule has 2 rings (SSSR count). The number of carboxylic acids is 1. The number of benzene rings is 1. The Hall–Kier alpha value is -1.55. The number of rotatable bonds is 2. The molecule has 4 heteroatoms. The molecule has 80 valence electrons. The van der Waals surface area contributed by atoms with Gasteiger partial charge in [0.15, 0.2) is 6.79 Å². The summed E-state index contributed by atoms with van der Waals surface area (Å²) in [5.74, 6) is -0.0245. The summed E-state index contributed by atoms with van der Waals surface area (Å²) >= 11 is 0. The van der Waals surface area contributed by atoms with Crippen LogP contribution in [-0.4, -0.2) is 17.9 Å². The maximum atomic E-state index is 10.6. The monoisotopic (exact) mass is 208 g/mol. The molecule has 1 aromatic carbocycles. The van der Waals surface area contributed by atoms with Gasteiger partial charge >= 0.3 is 5.97 Å². The molecule has 0 radical (unpaired) electrons. The van der Waals surface area contributed by atoms with Gasteiger partial charge in [-0.2, -0.15) is 0 Å². The van der Waals surface area contributed by atoms with Crippen LogP contribution in [-0.2, 0) is 22.6 Å². The minimum atomic E-state index is -0.823. The van der Waals surface area contributed by atoms with Gasteiger partial charge in [0.1, 0.15) is 5.75 Å². The van der Waals surface area contributed by atoms with Crippen LogP contribution in [0.3, 0.4) is 0 Å². The molecular formula is C11H12O4. The molecule has 0 bridgehead atoms. The zero-order valence-electron chi connectivity index (χ0n) is 8.45. The zero-order chi connectivity index (χ0) is 10.8. The fourth-order valence-electron chi connectivity index (χ4n) is 1.70. The van der Waals surface area contributed by atoms with E-state index in [9.17, 15) is 4.79 Å². The van der Waals surface area contributed by atoms with Crippen LogP contribution < -0.4 is 4.74 Å². The molecule has 0 saturated carbocycles. The van der Waals surface area contributed by atoms with E-state index < -0.39 is 5.97 Å². The first kappa shape index (κ1) is 9.98. The Morgan fingerprint density at radius 3 is 3.07 bits per heavy atom. The van der Waals surface area contributed by atoms with Crippen LogP contribution in [0, 0.1) is 6.92 Å². The number of hydrogen-bond donors (Lipinski definition) is 1. The SMILES string of the molecule is Cc1c(CC(=O)O)ccc2c1COCO2. The predicted molar refractivity (Wildman–Crippen MR) is 52.8 cm³/mol. The summed E-state index contributed by atoms with van der Waals surface area (Å²) in [5.41, 5.74) is 2.73. The van der Waals surface area contributed by atoms with Crippen LogP contribution in [0.15, 0.2) is 12.1 Å². The van der Waals surface area contributed by atoms with Gasteiger partial charge in [0.05, 0.1) is 13.0 Å². The van der Waals surface area contributed by atoms with E-state index in [1.54, 1.807) is 6.07 Å². The standard InChI is InChI=1S/C11H12O4/c1-7-8(4-11(12)13)2-3-10-9(7)5-14-6-15-10/h2-3H,4-6H2,1H3,(H,12,13). The minimum Gasteiger partial charge on any atom is -0.481 e. The number of ether oxygens (including phenoxy) is 2. The van der Waals surface area contributed by atoms with Gasteiger partial charge in [0, 0.05) is 5.56 Å². The lowest BCUT2D eigenvalue weighted by molar-refractivity contribution is -0.136. The van der Waals surface area contributed by atoms with Crippen LogP contribution in [0.2, 0.25) is 0 Å². The molecule has 0 aromatic heterocycles. The zero-order valence-corrected chi connectivity index (χ0v) is 8.45. The van der Waals surface area contributed by atoms with Crippen molar-refractivity contribution in [2.75, 3.05) is 6.79 Å². The smallest absolute Gasteiger partial charge is 0.307 e. The number of aliphatic carboxylic acids is 1. The van der Waals surface area contributed by atoms with Gasteiger partial charge in [-0.05, 0) is 24.1 Å². The van der Waals surface area contributed by atoms with Crippen molar-refractivity contribution in [3.8, 4) is 5.75 Å². The molecule has 1 aliphatic rings. The van der Waals surface area contributed by atoms with E-state index in [1.165, 1.54) is 0 Å². The fraction of sp³-hybridized carbons (Fsp3) is 0.364. The highest BCUT2D eigenvalue weighted by molar-refractivity contribution is 5.71. The summed E-state index contributed by atoms with van der Waals surface area (Å²) < 4.78 is 10.5. The Kier molecular flexibility index (Phi) is 2.60. The molecule has 1 heterocycles. The number of carboxylic acid groups (broad SMARTS) is 1. The topological polar surface area (TPSA) is 55.8 Å². The average molecular weight is 208 g/mol. The number of hydrogen-bond acceptors (Lipinski definition) is 3. The van der Waals surface area contributed by atoms with Crippen molar-refractivity contribution in [1.82, 2.24) is 0 Å². The highest BCUT2D eigenvalue weighted by Crippen LogP contribution is 2.28. The first-order chi connectivity index (χ1) is 7.18. The van der Waals surface area contributed by atoms with Crippen LogP contribution in [0.5, 0.6) is 5.75 Å². The van der Waals surface area contributed by atoms with Crippen molar-refractivity contribution in [3.05, 3.63) is 28.8 Å². The molecule has 1 aromatic rings. The minimum absolute atomic E-state index is 0.0408. The maximum Gasteiger partial charge on any atom is 0.307 e. The van der Waals surface area contributed by atoms with Crippen LogP contribution >= 0.6 is 0 Å². The van der Waals surface area contributed by atoms with Crippen molar-refractivity contribution in [2.24, 2.45) is 0 Å². The van der Waals surface area contributed by atoms with Crippen molar-refractivity contribution in [2.45, 2.75) is 20.0 Å². The van der Waals surface area contributed by atoms with E-state index in [4.69, 9.17) is 14.6 Å². The van der Waals surface area contributed by atoms with Crippen LogP contribution in [0.25, 0.3) is 0 Å². The Morgan fingerprint density at radius 1 is 1.53 bits per heavy atom. The predicted octanol–water partition coefficient (Wildman–Crippen LogP) is 1.49. The van der Waals surface area contributed by atoms with Crippen molar-refractivity contribution < 1.29 is 19.4 Å². The van der Waals surface area contributed by atoms with Gasteiger partial charge in [-0.1, -0.05) is 6.07 Å². The lowest BCUT2D eigenvalue weighted by atomic mass is 9.99. The highest BCUT2D eigenvalue weighted by atomic mass is 16.7. The Bertz CT molecular complexity index is 398. The maximum absolute atomic E-state index is 10.6. The van der Waals surface area contributed by atoms with Gasteiger partial charge in [-0.25, -0.2) is 0 Å². The molecule has 0 spiro atoms. The summed E-state index contributed by atoms with van der Waals surface area (Å²) in [6.07, 6.45) is 0.0408. The molecule has 0 saturated heterocycles. The third-order valence-corrected chi connectivity index (χ3v) is 2.55. The second-order valence-electron chi connectivity index (χ2n) is 3.51. The second-order valence-corrected chi connectivity index (χ2v) is 3.51. The Morgan fingerprint density at radius 2 is 2.33 bits per heavy atom. The molecule has 1 aliphatic heterocycles. The number of carbonyl (C=O) groups is 1. The van der Waals surface area contributed by atoms with E-state index in [0.29, 0.717) is 6.61 Å². The van der Waals surface area contributed by atoms with Gasteiger partial charge < -0.3 is 14.6 Å². The average Bonchev–Trinajstić information content (AvgIpc) is 2.22. The molecular weight excluding hydrogens is 196 g/mol. The summed E-state index contributed by atoms with van der Waals surface area (Å²) in [4.78, 5) is 10.6. The normalized spacial score (nSPS) is 14.2. The van der Waals surface area contributed by atoms with E-state index in [1.807, 2.05) is 13.0 Å². The van der Waals surface area contributed by atoms with Gasteiger partial charge in [0.2, 0.25) is 0 Å². The van der Waals surface area contributed by atoms with E-state index >= 15 is 0 Å². The Balaban J connectivity index is 2.38. The lowest BCUT2D eigenvalue weighted by Crippen LogP contribution is -2.14. The largest absolute Gasteiger partial charge is 0.481 e. The molecule has 0 atom stereocenters. The quantitative estimate of drug-likeness (QED) is 0.800. The van der Waals surface area contributed by atoms with Gasteiger partial charge in [0.25, 0.3) is 0 Å². The van der Waals surface area contributed by atoms with Crippen LogP contribution in [0.4, 0.5) is 0 Å². The van der Waals surface area contributed by atoms with Gasteiger partial charge in [-0.15, -0.1) is 0 Å². The van der Waals surface area contributed by atoms with Crippen LogP contribution in [0.1, 0.15) is 16.7 Å². The first-order valence-corrected chi connectivity index (χ1v) is 4.72. The molecule has 0 fully saturated rings. The van der Waals surface area contributed by atoms with E-state index in [-0.39, 0.29) is 13.2 Å². The summed E-state index contributed by atoms with van der Waals surface area (Å²) in [7, 11) is 0. The molecule has 0 unspecified atom stereocenters. The lowest BCUT2D eigenvalue weighted by Gasteiger charge is -2.20. The van der Waals surface area contributed by atoms with Crippen molar-refractivity contribution in [3.63, 3.8) is 0 Å². The third kappa shape index (κ3) is 1.94. The molecule has 0 amide bonds. The fourth-order valence-corrected chi connectivity index (χ4v) is 1.70. The van der Waals surface area contributed by atoms with E-state index in [0.717, 1.165) is 22.4 Å². The van der Waals surface area contributed by atoms with Crippen molar-refractivity contribution in [1.29, 1.82) is 0 Å². The summed E-state index contributed by atoms with van der Waals surface area (Å²) in [5, 5.41) is 8.73. The summed E-state index contributed by atoms with van der Waals surface area (Å²) in [6.45, 7) is 2.66. The van der Waals surface area contributed by atoms with E-state index in [2.05, 4.69) is 0 Å². The number of fused-ring (bicyclic) bond motifs is 1. The molecule has 15 heavy (non-hydrogen) atoms. The molecule has 1 N–H and O–H groups in total. The summed E-state index contributed by atoms with van der Waals surface area (Å²) in [6, 6.07) is 3.61. The molecule has 4 nitrogen and oxygen atoms in total. The highest BCUT2D eigenvalue weighted by Gasteiger charge is 2.16. The molecule has 0 aliphatic carbocycles. The second kappa shape index (κ2) is 3.90. The Labute approximate surface area is 87.4 Å². The van der Waals surface area contributed by atoms with Crippen molar-refractivity contribution >= 4 is 5.97 Å².